The molecule has 4 rings (SSSR count). The molecule has 150 valence electrons. The van der Waals surface area contributed by atoms with Crippen molar-refractivity contribution in [2.45, 2.75) is 12.6 Å². The third-order valence-electron chi connectivity index (χ3n) is 5.21. The van der Waals surface area contributed by atoms with Gasteiger partial charge in [0.25, 0.3) is 11.7 Å². The monoisotopic (exact) mass is 399 g/mol. The van der Waals surface area contributed by atoms with Crippen molar-refractivity contribution in [3.05, 3.63) is 107 Å². The molecule has 1 saturated heterocycles. The van der Waals surface area contributed by atoms with E-state index in [1.54, 1.807) is 31.4 Å². The van der Waals surface area contributed by atoms with Gasteiger partial charge in [0.2, 0.25) is 0 Å². The molecule has 3 aromatic rings. The molecule has 1 fully saturated rings. The highest BCUT2D eigenvalue weighted by Crippen LogP contribution is 2.40. The van der Waals surface area contributed by atoms with E-state index >= 15 is 0 Å². The standard InChI is InChI=1S/C25H21NO4/c1-30-20-14-12-17(13-15-20)16-26-22(18-8-4-2-5-9-18)21(24(28)25(26)29)23(27)19-10-6-3-7-11-19/h2-15,22,27H,16H2,1H3/b23-21+. The van der Waals surface area contributed by atoms with Crippen LogP contribution >= 0.6 is 0 Å². The molecule has 1 aliphatic heterocycles. The Balaban J connectivity index is 1.81. The van der Waals surface area contributed by atoms with Crippen molar-refractivity contribution < 1.29 is 19.4 Å². The van der Waals surface area contributed by atoms with Gasteiger partial charge in [-0.1, -0.05) is 72.8 Å². The van der Waals surface area contributed by atoms with Gasteiger partial charge in [-0.15, -0.1) is 0 Å². The highest BCUT2D eigenvalue weighted by Gasteiger charge is 2.45. The van der Waals surface area contributed by atoms with Gasteiger partial charge in [-0.2, -0.15) is 0 Å². The molecule has 5 heteroatoms. The Bertz CT molecular complexity index is 1090. The van der Waals surface area contributed by atoms with E-state index in [4.69, 9.17) is 4.74 Å². The first kappa shape index (κ1) is 19.5. The summed E-state index contributed by atoms with van der Waals surface area (Å²) in [5, 5.41) is 11.0. The van der Waals surface area contributed by atoms with Gasteiger partial charge < -0.3 is 14.7 Å². The summed E-state index contributed by atoms with van der Waals surface area (Å²) in [5.41, 5.74) is 2.23. The minimum atomic E-state index is -0.682. The van der Waals surface area contributed by atoms with Crippen LogP contribution in [0.3, 0.4) is 0 Å². The normalized spacial score (nSPS) is 17.9. The molecule has 1 amide bonds. The van der Waals surface area contributed by atoms with Gasteiger partial charge in [0.15, 0.2) is 0 Å². The first-order valence-electron chi connectivity index (χ1n) is 9.62. The zero-order valence-corrected chi connectivity index (χ0v) is 16.5. The van der Waals surface area contributed by atoms with E-state index in [0.29, 0.717) is 11.3 Å². The van der Waals surface area contributed by atoms with Gasteiger partial charge >= 0.3 is 0 Å². The van der Waals surface area contributed by atoms with Crippen LogP contribution in [0.5, 0.6) is 5.75 Å². The summed E-state index contributed by atoms with van der Waals surface area (Å²) < 4.78 is 5.19. The predicted molar refractivity (Wildman–Crippen MR) is 114 cm³/mol. The first-order chi connectivity index (χ1) is 14.6. The number of hydrogen-bond donors (Lipinski definition) is 1. The van der Waals surface area contributed by atoms with Crippen LogP contribution in [0.15, 0.2) is 90.5 Å². The Morgan fingerprint density at radius 3 is 2.10 bits per heavy atom. The largest absolute Gasteiger partial charge is 0.507 e. The molecular weight excluding hydrogens is 378 g/mol. The van der Waals surface area contributed by atoms with Gasteiger partial charge in [0.1, 0.15) is 11.5 Å². The van der Waals surface area contributed by atoms with Gasteiger partial charge in [0.05, 0.1) is 18.7 Å². The molecule has 1 atom stereocenters. The average Bonchev–Trinajstić information content (AvgIpc) is 3.05. The molecule has 5 nitrogen and oxygen atoms in total. The Labute approximate surface area is 174 Å². The Kier molecular flexibility index (Phi) is 5.35. The summed E-state index contributed by atoms with van der Waals surface area (Å²) in [6.07, 6.45) is 0. The zero-order chi connectivity index (χ0) is 21.1. The van der Waals surface area contributed by atoms with Crippen molar-refractivity contribution in [2.24, 2.45) is 0 Å². The highest BCUT2D eigenvalue weighted by molar-refractivity contribution is 6.46. The fourth-order valence-electron chi connectivity index (χ4n) is 3.70. The van der Waals surface area contributed by atoms with E-state index in [1.165, 1.54) is 4.90 Å². The maximum Gasteiger partial charge on any atom is 0.295 e. The van der Waals surface area contributed by atoms with Crippen molar-refractivity contribution in [1.82, 2.24) is 4.90 Å². The lowest BCUT2D eigenvalue weighted by Crippen LogP contribution is -2.29. The number of amides is 1. The lowest BCUT2D eigenvalue weighted by molar-refractivity contribution is -0.140. The van der Waals surface area contributed by atoms with Crippen LogP contribution < -0.4 is 4.74 Å². The molecule has 1 heterocycles. The highest BCUT2D eigenvalue weighted by atomic mass is 16.5. The van der Waals surface area contributed by atoms with Crippen molar-refractivity contribution in [2.75, 3.05) is 7.11 Å². The van der Waals surface area contributed by atoms with Gasteiger partial charge in [-0.05, 0) is 23.3 Å². The first-order valence-corrected chi connectivity index (χ1v) is 9.62. The average molecular weight is 399 g/mol. The Morgan fingerprint density at radius 2 is 1.50 bits per heavy atom. The summed E-state index contributed by atoms with van der Waals surface area (Å²) in [6, 6.07) is 24.8. The zero-order valence-electron chi connectivity index (χ0n) is 16.5. The van der Waals surface area contributed by atoms with Crippen LogP contribution in [0.1, 0.15) is 22.7 Å². The van der Waals surface area contributed by atoms with Crippen LogP contribution in [0.4, 0.5) is 0 Å². The van der Waals surface area contributed by atoms with Crippen LogP contribution in [-0.2, 0) is 16.1 Å². The molecule has 1 unspecified atom stereocenters. The van der Waals surface area contributed by atoms with Crippen molar-refractivity contribution in [3.63, 3.8) is 0 Å². The second-order valence-corrected chi connectivity index (χ2v) is 7.05. The minimum absolute atomic E-state index is 0.103. The number of aliphatic hydroxyl groups is 1. The quantitative estimate of drug-likeness (QED) is 0.394. The maximum absolute atomic E-state index is 13.0. The molecular formula is C25H21NO4. The molecule has 30 heavy (non-hydrogen) atoms. The van der Waals surface area contributed by atoms with E-state index in [9.17, 15) is 14.7 Å². The predicted octanol–water partition coefficient (Wildman–Crippen LogP) is 4.32. The topological polar surface area (TPSA) is 66.8 Å². The fraction of sp³-hybridized carbons (Fsp3) is 0.120. The summed E-state index contributed by atoms with van der Waals surface area (Å²) in [4.78, 5) is 27.5. The number of hydrogen-bond acceptors (Lipinski definition) is 4. The third kappa shape index (κ3) is 3.57. The Morgan fingerprint density at radius 1 is 0.900 bits per heavy atom. The molecule has 3 aromatic carbocycles. The summed E-state index contributed by atoms with van der Waals surface area (Å²) >= 11 is 0. The van der Waals surface area contributed by atoms with Crippen LogP contribution in [0.25, 0.3) is 5.76 Å². The maximum atomic E-state index is 13.0. The molecule has 1 N–H and O–H groups in total. The van der Waals surface area contributed by atoms with Crippen LogP contribution in [-0.4, -0.2) is 28.8 Å². The smallest absolute Gasteiger partial charge is 0.295 e. The second-order valence-electron chi connectivity index (χ2n) is 7.05. The lowest BCUT2D eigenvalue weighted by Gasteiger charge is -2.25. The summed E-state index contributed by atoms with van der Waals surface area (Å²) in [6.45, 7) is 0.236. The van der Waals surface area contributed by atoms with Crippen LogP contribution in [0, 0.1) is 0 Å². The minimum Gasteiger partial charge on any atom is -0.507 e. The molecule has 0 bridgehead atoms. The van der Waals surface area contributed by atoms with E-state index in [0.717, 1.165) is 11.1 Å². The molecule has 0 spiro atoms. The van der Waals surface area contributed by atoms with Gasteiger partial charge in [0, 0.05) is 12.1 Å². The van der Waals surface area contributed by atoms with E-state index in [1.807, 2.05) is 60.7 Å². The SMILES string of the molecule is COc1ccc(CN2C(=O)C(=O)/C(=C(/O)c3ccccc3)C2c2ccccc2)cc1. The van der Waals surface area contributed by atoms with Crippen molar-refractivity contribution in [3.8, 4) is 5.75 Å². The number of Topliss-reactive ketones (excluding diaryl/α,β-unsaturated/α-hetero) is 1. The number of nitrogens with zero attached hydrogens (tertiary/aromatic N) is 1. The number of methoxy groups -OCH3 is 1. The van der Waals surface area contributed by atoms with Crippen molar-refractivity contribution in [1.29, 1.82) is 0 Å². The molecule has 0 aromatic heterocycles. The van der Waals surface area contributed by atoms with E-state index in [-0.39, 0.29) is 17.9 Å². The van der Waals surface area contributed by atoms with Gasteiger partial charge in [-0.3, -0.25) is 9.59 Å². The number of likely N-dealkylation sites (tertiary alicyclic amines) is 1. The number of benzene rings is 3. The van der Waals surface area contributed by atoms with Gasteiger partial charge in [-0.25, -0.2) is 0 Å². The molecule has 0 radical (unpaired) electrons. The number of carbonyl (C=O) groups is 2. The van der Waals surface area contributed by atoms with Crippen LogP contribution in [0.2, 0.25) is 0 Å². The third-order valence-corrected chi connectivity index (χ3v) is 5.21. The van der Waals surface area contributed by atoms with Crippen molar-refractivity contribution >= 4 is 17.4 Å². The number of ether oxygens (including phenoxy) is 1. The fourth-order valence-corrected chi connectivity index (χ4v) is 3.70. The lowest BCUT2D eigenvalue weighted by atomic mass is 9.95. The number of rotatable bonds is 5. The summed E-state index contributed by atoms with van der Waals surface area (Å²) in [5.74, 6) is -0.764. The number of carbonyl (C=O) groups excluding carboxylic acids is 2. The summed E-state index contributed by atoms with van der Waals surface area (Å²) in [7, 11) is 1.59. The number of ketones is 1. The molecule has 1 aliphatic rings. The Hall–Kier alpha value is -3.86. The molecule has 0 aliphatic carbocycles. The van der Waals surface area contributed by atoms with E-state index < -0.39 is 17.7 Å². The molecule has 0 saturated carbocycles. The second kappa shape index (κ2) is 8.25. The van der Waals surface area contributed by atoms with E-state index in [2.05, 4.69) is 0 Å². The number of aliphatic hydroxyl groups excluding tert-OH is 1.